The van der Waals surface area contributed by atoms with E-state index in [9.17, 15) is 0 Å². The van der Waals surface area contributed by atoms with E-state index in [-0.39, 0.29) is 0 Å². The van der Waals surface area contributed by atoms with E-state index in [1.165, 1.54) is 18.4 Å². The highest BCUT2D eigenvalue weighted by Crippen LogP contribution is 2.27. The fourth-order valence-electron chi connectivity index (χ4n) is 2.97. The Balaban J connectivity index is 1.45. The summed E-state index contributed by atoms with van der Waals surface area (Å²) >= 11 is 0. The molecule has 0 spiro atoms. The minimum atomic E-state index is 0.751. The molecule has 1 saturated carbocycles. The maximum atomic E-state index is 4.65. The molecule has 24 heavy (non-hydrogen) atoms. The summed E-state index contributed by atoms with van der Waals surface area (Å²) in [6.45, 7) is 9.54. The minimum Gasteiger partial charge on any atom is -0.356 e. The van der Waals surface area contributed by atoms with Gasteiger partial charge in [0.15, 0.2) is 5.96 Å². The first-order chi connectivity index (χ1) is 11.8. The average Bonchev–Trinajstić information content (AvgIpc) is 3.47. The highest BCUT2D eigenvalue weighted by molar-refractivity contribution is 5.79. The van der Waals surface area contributed by atoms with E-state index in [0.29, 0.717) is 0 Å². The van der Waals surface area contributed by atoms with Crippen LogP contribution in [0.3, 0.4) is 0 Å². The van der Waals surface area contributed by atoms with Gasteiger partial charge in [0.05, 0.1) is 0 Å². The first kappa shape index (κ1) is 17.0. The van der Waals surface area contributed by atoms with Gasteiger partial charge in [-0.3, -0.25) is 4.99 Å². The van der Waals surface area contributed by atoms with Crippen molar-refractivity contribution in [3.05, 3.63) is 23.9 Å². The molecule has 0 amide bonds. The Morgan fingerprint density at radius 2 is 2.00 bits per heavy atom. The van der Waals surface area contributed by atoms with Crippen molar-refractivity contribution in [2.24, 2.45) is 10.9 Å². The van der Waals surface area contributed by atoms with Crippen molar-refractivity contribution in [2.75, 3.05) is 51.2 Å². The molecule has 1 aliphatic heterocycles. The molecule has 0 bridgehead atoms. The van der Waals surface area contributed by atoms with E-state index in [0.717, 1.165) is 63.5 Å². The molecule has 6 nitrogen and oxygen atoms in total. The number of nitrogens with one attached hydrogen (secondary N) is 2. The van der Waals surface area contributed by atoms with Crippen LogP contribution in [0.5, 0.6) is 0 Å². The molecule has 2 heterocycles. The lowest BCUT2D eigenvalue weighted by Crippen LogP contribution is -2.46. The molecular weight excluding hydrogens is 300 g/mol. The van der Waals surface area contributed by atoms with Gasteiger partial charge in [0.2, 0.25) is 0 Å². The largest absolute Gasteiger partial charge is 0.356 e. The van der Waals surface area contributed by atoms with Crippen molar-refractivity contribution in [1.82, 2.24) is 20.5 Å². The van der Waals surface area contributed by atoms with E-state index in [4.69, 9.17) is 0 Å². The zero-order valence-electron chi connectivity index (χ0n) is 15.0. The van der Waals surface area contributed by atoms with Crippen LogP contribution >= 0.6 is 0 Å². The lowest BCUT2D eigenvalue weighted by Gasteiger charge is -2.34. The van der Waals surface area contributed by atoms with Crippen LogP contribution in [0.25, 0.3) is 0 Å². The SMILES string of the molecule is CCN1CCN(c2ccc(CNC(=NC)NCC3CC3)cn2)CC1. The third-order valence-corrected chi connectivity index (χ3v) is 4.89. The summed E-state index contributed by atoms with van der Waals surface area (Å²) in [5, 5.41) is 6.74. The van der Waals surface area contributed by atoms with Crippen LogP contribution < -0.4 is 15.5 Å². The van der Waals surface area contributed by atoms with E-state index in [1.807, 2.05) is 13.2 Å². The Morgan fingerprint density at radius 1 is 1.21 bits per heavy atom. The number of hydrogen-bond donors (Lipinski definition) is 2. The molecule has 1 aromatic rings. The number of guanidine groups is 1. The van der Waals surface area contributed by atoms with Crippen LogP contribution in [0.15, 0.2) is 23.3 Å². The van der Waals surface area contributed by atoms with Crippen molar-refractivity contribution < 1.29 is 0 Å². The fourth-order valence-corrected chi connectivity index (χ4v) is 2.97. The maximum Gasteiger partial charge on any atom is 0.191 e. The van der Waals surface area contributed by atoms with Crippen molar-refractivity contribution in [2.45, 2.75) is 26.3 Å². The monoisotopic (exact) mass is 330 g/mol. The summed E-state index contributed by atoms with van der Waals surface area (Å²) in [6.07, 6.45) is 4.67. The molecule has 1 saturated heterocycles. The Hall–Kier alpha value is -1.82. The second kappa shape index (κ2) is 8.33. The molecule has 0 radical (unpaired) electrons. The van der Waals surface area contributed by atoms with Gasteiger partial charge in [-0.05, 0) is 36.9 Å². The number of aliphatic imine (C=N–C) groups is 1. The van der Waals surface area contributed by atoms with Crippen LogP contribution in [0.1, 0.15) is 25.3 Å². The van der Waals surface area contributed by atoms with Gasteiger partial charge in [0, 0.05) is 52.5 Å². The lowest BCUT2D eigenvalue weighted by atomic mass is 10.2. The Bertz CT molecular complexity index is 529. The first-order valence-electron chi connectivity index (χ1n) is 9.15. The van der Waals surface area contributed by atoms with Gasteiger partial charge in [-0.2, -0.15) is 0 Å². The van der Waals surface area contributed by atoms with Gasteiger partial charge in [0.1, 0.15) is 5.82 Å². The second-order valence-corrected chi connectivity index (χ2v) is 6.70. The number of anilines is 1. The topological polar surface area (TPSA) is 55.8 Å². The number of likely N-dealkylation sites (N-methyl/N-ethyl adjacent to an activating group) is 1. The molecule has 2 aliphatic rings. The molecule has 6 heteroatoms. The molecule has 2 N–H and O–H groups in total. The summed E-state index contributed by atoms with van der Waals surface area (Å²) in [4.78, 5) is 13.8. The highest BCUT2D eigenvalue weighted by Gasteiger charge is 2.21. The number of piperazine rings is 1. The molecule has 0 atom stereocenters. The molecule has 3 rings (SSSR count). The first-order valence-corrected chi connectivity index (χ1v) is 9.15. The highest BCUT2D eigenvalue weighted by atomic mass is 15.3. The van der Waals surface area contributed by atoms with Crippen LogP contribution in [0, 0.1) is 5.92 Å². The summed E-state index contributed by atoms with van der Waals surface area (Å²) in [6, 6.07) is 4.30. The molecule has 1 aliphatic carbocycles. The normalized spacial score (nSPS) is 19.4. The average molecular weight is 330 g/mol. The van der Waals surface area contributed by atoms with Crippen LogP contribution in [0.4, 0.5) is 5.82 Å². The molecule has 0 aromatic carbocycles. The summed E-state index contributed by atoms with van der Waals surface area (Å²) in [5.74, 6) is 2.81. The van der Waals surface area contributed by atoms with Crippen LogP contribution in [-0.4, -0.2) is 62.2 Å². The van der Waals surface area contributed by atoms with Crippen molar-refractivity contribution in [3.63, 3.8) is 0 Å². The van der Waals surface area contributed by atoms with Gasteiger partial charge in [-0.25, -0.2) is 4.98 Å². The molecule has 0 unspecified atom stereocenters. The Kier molecular flexibility index (Phi) is 5.91. The smallest absolute Gasteiger partial charge is 0.191 e. The van der Waals surface area contributed by atoms with Gasteiger partial charge in [-0.1, -0.05) is 13.0 Å². The number of hydrogen-bond acceptors (Lipinski definition) is 4. The predicted octanol–water partition coefficient (Wildman–Crippen LogP) is 1.30. The lowest BCUT2D eigenvalue weighted by molar-refractivity contribution is 0.270. The summed E-state index contributed by atoms with van der Waals surface area (Å²) in [5.41, 5.74) is 1.18. The number of aromatic nitrogens is 1. The quantitative estimate of drug-likeness (QED) is 0.608. The van der Waals surface area contributed by atoms with Crippen molar-refractivity contribution in [3.8, 4) is 0 Å². The van der Waals surface area contributed by atoms with Crippen LogP contribution in [-0.2, 0) is 6.54 Å². The fraction of sp³-hybridized carbons (Fsp3) is 0.667. The number of nitrogens with zero attached hydrogens (tertiary/aromatic N) is 4. The van der Waals surface area contributed by atoms with Gasteiger partial charge in [-0.15, -0.1) is 0 Å². The van der Waals surface area contributed by atoms with E-state index in [2.05, 4.69) is 49.5 Å². The standard InChI is InChI=1S/C18H30N6/c1-3-23-8-10-24(11-9-23)17-7-6-16(13-20-17)14-22-18(19-2)21-12-15-4-5-15/h6-7,13,15H,3-5,8-12,14H2,1-2H3,(H2,19,21,22). The van der Waals surface area contributed by atoms with Gasteiger partial charge in [0.25, 0.3) is 0 Å². The molecule has 1 aromatic heterocycles. The second-order valence-electron chi connectivity index (χ2n) is 6.70. The summed E-state index contributed by atoms with van der Waals surface area (Å²) in [7, 11) is 1.82. The van der Waals surface area contributed by atoms with E-state index < -0.39 is 0 Å². The minimum absolute atomic E-state index is 0.751. The summed E-state index contributed by atoms with van der Waals surface area (Å²) < 4.78 is 0. The zero-order chi connectivity index (χ0) is 16.8. The van der Waals surface area contributed by atoms with Crippen molar-refractivity contribution in [1.29, 1.82) is 0 Å². The third kappa shape index (κ3) is 4.84. The molecular formula is C18H30N6. The Labute approximate surface area is 145 Å². The third-order valence-electron chi connectivity index (χ3n) is 4.89. The molecule has 2 fully saturated rings. The number of rotatable bonds is 6. The number of pyridine rings is 1. The van der Waals surface area contributed by atoms with E-state index in [1.54, 1.807) is 0 Å². The van der Waals surface area contributed by atoms with E-state index >= 15 is 0 Å². The Morgan fingerprint density at radius 3 is 2.58 bits per heavy atom. The predicted molar refractivity (Wildman–Crippen MR) is 99.5 cm³/mol. The van der Waals surface area contributed by atoms with Gasteiger partial charge >= 0.3 is 0 Å². The van der Waals surface area contributed by atoms with Gasteiger partial charge < -0.3 is 20.4 Å². The zero-order valence-corrected chi connectivity index (χ0v) is 15.0. The van der Waals surface area contributed by atoms with Crippen molar-refractivity contribution >= 4 is 11.8 Å². The maximum absolute atomic E-state index is 4.65. The molecule has 132 valence electrons. The van der Waals surface area contributed by atoms with Crippen LogP contribution in [0.2, 0.25) is 0 Å².